The molecule has 3 heterocycles. The van der Waals surface area contributed by atoms with Crippen LogP contribution in [0.25, 0.3) is 11.1 Å². The normalized spacial score (nSPS) is 16.9. The molecule has 7 heteroatoms. The monoisotopic (exact) mass is 487 g/mol. The van der Waals surface area contributed by atoms with Crippen molar-refractivity contribution >= 4 is 11.7 Å². The van der Waals surface area contributed by atoms with E-state index in [0.717, 1.165) is 56.2 Å². The van der Waals surface area contributed by atoms with Gasteiger partial charge in [-0.25, -0.2) is 4.39 Å². The van der Waals surface area contributed by atoms with Crippen LogP contribution in [0.15, 0.2) is 60.9 Å². The summed E-state index contributed by atoms with van der Waals surface area (Å²) in [7, 11) is 0. The van der Waals surface area contributed by atoms with Crippen molar-refractivity contribution in [2.75, 3.05) is 19.6 Å². The van der Waals surface area contributed by atoms with E-state index < -0.39 is 5.82 Å². The van der Waals surface area contributed by atoms with Crippen LogP contribution >= 0.6 is 0 Å². The van der Waals surface area contributed by atoms with Crippen LogP contribution in [0.1, 0.15) is 58.9 Å². The molecule has 0 atom stereocenters. The Bertz CT molecular complexity index is 1270. The molecular weight excluding hydrogens is 457 g/mol. The number of likely N-dealkylation sites (tertiary alicyclic amines) is 1. The number of nitrogens with zero attached hydrogens (tertiary/aromatic N) is 2. The molecule has 1 fully saturated rings. The van der Waals surface area contributed by atoms with Gasteiger partial charge in [0.25, 0.3) is 5.91 Å². The molecule has 0 radical (unpaired) electrons. The predicted molar refractivity (Wildman–Crippen MR) is 136 cm³/mol. The lowest BCUT2D eigenvalue weighted by molar-refractivity contribution is -0.00886. The second kappa shape index (κ2) is 10.2. The number of hydrogen-bond donors (Lipinski definition) is 1. The minimum Gasteiger partial charge on any atom is -0.486 e. The first-order chi connectivity index (χ1) is 17.4. The third-order valence-corrected chi connectivity index (χ3v) is 7.09. The molecule has 5 rings (SSSR count). The Kier molecular flexibility index (Phi) is 6.83. The number of fused-ring (bicyclic) bond motifs is 1. The molecule has 0 aliphatic carbocycles. The molecule has 36 heavy (non-hydrogen) atoms. The van der Waals surface area contributed by atoms with Gasteiger partial charge in [0.1, 0.15) is 17.2 Å². The molecule has 1 saturated heterocycles. The van der Waals surface area contributed by atoms with Gasteiger partial charge < -0.3 is 15.0 Å². The highest BCUT2D eigenvalue weighted by atomic mass is 19.1. The van der Waals surface area contributed by atoms with E-state index in [1.54, 1.807) is 12.1 Å². The highest BCUT2D eigenvalue weighted by Gasteiger charge is 2.42. The zero-order valence-corrected chi connectivity index (χ0v) is 20.4. The standard InChI is InChI=1S/C29H30FN3O3/c1-2-11-33-12-9-29(10-13-33)16-26(34)25-15-23(7-8-27(25)36-29)21-3-5-22(6-4-21)28(35)32-18-20-14-24(30)19-31-17-20/h3-8,14-15,17,19H,2,9-13,16,18H2,1H3,(H,32,35). The first-order valence-corrected chi connectivity index (χ1v) is 12.5. The largest absolute Gasteiger partial charge is 0.486 e. The van der Waals surface area contributed by atoms with Crippen LogP contribution in [-0.4, -0.2) is 46.8 Å². The summed E-state index contributed by atoms with van der Waals surface area (Å²) in [5.41, 5.74) is 3.14. The second-order valence-corrected chi connectivity index (χ2v) is 9.71. The van der Waals surface area contributed by atoms with Crippen molar-refractivity contribution in [1.82, 2.24) is 15.2 Å². The fourth-order valence-corrected chi connectivity index (χ4v) is 5.10. The molecular formula is C29H30FN3O3. The smallest absolute Gasteiger partial charge is 0.251 e. The van der Waals surface area contributed by atoms with Crippen LogP contribution in [0.3, 0.4) is 0 Å². The number of piperidine rings is 1. The molecule has 0 saturated carbocycles. The van der Waals surface area contributed by atoms with E-state index in [1.807, 2.05) is 30.3 Å². The molecule has 2 aliphatic heterocycles. The minimum atomic E-state index is -0.437. The maximum atomic E-state index is 13.3. The van der Waals surface area contributed by atoms with E-state index in [9.17, 15) is 14.0 Å². The van der Waals surface area contributed by atoms with Gasteiger partial charge in [-0.05, 0) is 60.0 Å². The molecule has 2 aliphatic rings. The number of carbonyl (C=O) groups is 2. The van der Waals surface area contributed by atoms with Crippen molar-refractivity contribution in [2.24, 2.45) is 0 Å². The maximum Gasteiger partial charge on any atom is 0.251 e. The number of halogens is 1. The summed E-state index contributed by atoms with van der Waals surface area (Å²) >= 11 is 0. The van der Waals surface area contributed by atoms with Gasteiger partial charge in [-0.15, -0.1) is 0 Å². The topological polar surface area (TPSA) is 71.5 Å². The van der Waals surface area contributed by atoms with E-state index in [4.69, 9.17) is 4.74 Å². The van der Waals surface area contributed by atoms with Crippen molar-refractivity contribution in [3.8, 4) is 16.9 Å². The summed E-state index contributed by atoms with van der Waals surface area (Å²) in [4.78, 5) is 31.9. The summed E-state index contributed by atoms with van der Waals surface area (Å²) < 4.78 is 19.7. The van der Waals surface area contributed by atoms with E-state index >= 15 is 0 Å². The Morgan fingerprint density at radius 1 is 1.08 bits per heavy atom. The maximum absolute atomic E-state index is 13.3. The van der Waals surface area contributed by atoms with Crippen molar-refractivity contribution in [2.45, 2.75) is 44.8 Å². The average Bonchev–Trinajstić information content (AvgIpc) is 2.89. The Morgan fingerprint density at radius 3 is 2.56 bits per heavy atom. The number of ketones is 1. The predicted octanol–water partition coefficient (Wildman–Crippen LogP) is 5.03. The van der Waals surface area contributed by atoms with Crippen LogP contribution in [-0.2, 0) is 6.54 Å². The van der Waals surface area contributed by atoms with Gasteiger partial charge in [0.15, 0.2) is 5.78 Å². The third kappa shape index (κ3) is 5.16. The molecule has 2 aromatic carbocycles. The number of rotatable bonds is 6. The van der Waals surface area contributed by atoms with Gasteiger partial charge in [-0.1, -0.05) is 25.1 Å². The Labute approximate surface area is 210 Å². The number of ether oxygens (including phenoxy) is 1. The van der Waals surface area contributed by atoms with Crippen molar-refractivity contribution in [3.63, 3.8) is 0 Å². The molecule has 3 aromatic rings. The lowest BCUT2D eigenvalue weighted by Crippen LogP contribution is -2.51. The summed E-state index contributed by atoms with van der Waals surface area (Å²) in [6.07, 6.45) is 5.95. The van der Waals surface area contributed by atoms with E-state index in [2.05, 4.69) is 22.1 Å². The fraction of sp³-hybridized carbons (Fsp3) is 0.345. The van der Waals surface area contributed by atoms with Crippen molar-refractivity contribution in [1.29, 1.82) is 0 Å². The van der Waals surface area contributed by atoms with Gasteiger partial charge in [0.05, 0.1) is 18.2 Å². The quantitative estimate of drug-likeness (QED) is 0.528. The van der Waals surface area contributed by atoms with E-state index in [0.29, 0.717) is 28.9 Å². The summed E-state index contributed by atoms with van der Waals surface area (Å²) in [6.45, 7) is 5.40. The second-order valence-electron chi connectivity index (χ2n) is 9.71. The van der Waals surface area contributed by atoms with Crippen LogP contribution in [0.4, 0.5) is 4.39 Å². The first kappa shape index (κ1) is 24.1. The lowest BCUT2D eigenvalue weighted by Gasteiger charge is -2.44. The number of nitrogens with one attached hydrogen (secondary N) is 1. The van der Waals surface area contributed by atoms with E-state index in [1.165, 1.54) is 12.3 Å². The Balaban J connectivity index is 1.25. The molecule has 6 nitrogen and oxygen atoms in total. The number of pyridine rings is 1. The van der Waals surface area contributed by atoms with Crippen molar-refractivity contribution in [3.05, 3.63) is 83.4 Å². The molecule has 0 bridgehead atoms. The van der Waals surface area contributed by atoms with Crippen LogP contribution in [0.5, 0.6) is 5.75 Å². The van der Waals surface area contributed by atoms with Crippen molar-refractivity contribution < 1.29 is 18.7 Å². The highest BCUT2D eigenvalue weighted by molar-refractivity contribution is 6.01. The molecule has 1 N–H and O–H groups in total. The number of Topliss-reactive ketones (excluding diaryl/α,β-unsaturated/α-hetero) is 1. The number of amides is 1. The minimum absolute atomic E-state index is 0.130. The molecule has 1 spiro atoms. The highest BCUT2D eigenvalue weighted by Crippen LogP contribution is 2.40. The van der Waals surface area contributed by atoms with Gasteiger partial charge >= 0.3 is 0 Å². The molecule has 1 aromatic heterocycles. The molecule has 1 amide bonds. The number of benzene rings is 2. The van der Waals surface area contributed by atoms with Gasteiger partial charge in [-0.2, -0.15) is 0 Å². The van der Waals surface area contributed by atoms with Crippen LogP contribution in [0, 0.1) is 5.82 Å². The number of carbonyl (C=O) groups excluding carboxylic acids is 2. The third-order valence-electron chi connectivity index (χ3n) is 7.09. The Morgan fingerprint density at radius 2 is 1.83 bits per heavy atom. The van der Waals surface area contributed by atoms with Crippen LogP contribution in [0.2, 0.25) is 0 Å². The number of aromatic nitrogens is 1. The summed E-state index contributed by atoms with van der Waals surface area (Å²) in [5, 5.41) is 2.78. The molecule has 0 unspecified atom stereocenters. The first-order valence-electron chi connectivity index (χ1n) is 12.5. The fourth-order valence-electron chi connectivity index (χ4n) is 5.10. The lowest BCUT2D eigenvalue weighted by atomic mass is 9.82. The summed E-state index contributed by atoms with van der Waals surface area (Å²) in [6, 6.07) is 14.3. The Hall–Kier alpha value is -3.58. The average molecular weight is 488 g/mol. The summed E-state index contributed by atoms with van der Waals surface area (Å²) in [5.74, 6) is 0.106. The molecule has 186 valence electrons. The van der Waals surface area contributed by atoms with Gasteiger partial charge in [-0.3, -0.25) is 14.6 Å². The number of hydrogen-bond acceptors (Lipinski definition) is 5. The SMILES string of the molecule is CCCN1CCC2(CC1)CC(=O)c1cc(-c3ccc(C(=O)NCc4cncc(F)c4)cc3)ccc1O2. The van der Waals surface area contributed by atoms with Gasteiger partial charge in [0, 0.05) is 44.2 Å². The zero-order chi connectivity index (χ0) is 25.1. The zero-order valence-electron chi connectivity index (χ0n) is 20.4. The van der Waals surface area contributed by atoms with E-state index in [-0.39, 0.29) is 23.8 Å². The van der Waals surface area contributed by atoms with Gasteiger partial charge in [0.2, 0.25) is 0 Å². The van der Waals surface area contributed by atoms with Crippen LogP contribution < -0.4 is 10.1 Å².